The number of nitrogens with one attached hydrogen (secondary N) is 1. The van der Waals surface area contributed by atoms with Crippen molar-refractivity contribution in [2.45, 2.75) is 38.1 Å². The highest BCUT2D eigenvalue weighted by atomic mass is 16.4. The number of hydrogen-bond donors (Lipinski definition) is 3. The van der Waals surface area contributed by atoms with Gasteiger partial charge in [-0.1, -0.05) is 6.92 Å². The predicted octanol–water partition coefficient (Wildman–Crippen LogP) is 2.13. The molecule has 0 spiro atoms. The van der Waals surface area contributed by atoms with Gasteiger partial charge in [0.2, 0.25) is 0 Å². The number of aliphatic hydroxyl groups is 1. The maximum atomic E-state index is 11.2. The highest BCUT2D eigenvalue weighted by Gasteiger charge is 2.34. The molecule has 19 heavy (non-hydrogen) atoms. The standard InChI is InChI=1S/C14H20N2O3/c1-10-4-6-14(9-17,7-5-10)16-12-11(13(18)19)3-2-8-15-12/h2-3,8,10,17H,4-7,9H2,1H3,(H,15,16)(H,18,19). The fraction of sp³-hybridized carbons (Fsp3) is 0.571. The van der Waals surface area contributed by atoms with E-state index in [1.165, 1.54) is 6.07 Å². The van der Waals surface area contributed by atoms with Crippen LogP contribution in [-0.4, -0.2) is 33.3 Å². The van der Waals surface area contributed by atoms with Gasteiger partial charge in [-0.15, -0.1) is 0 Å². The molecule has 5 nitrogen and oxygen atoms in total. The summed E-state index contributed by atoms with van der Waals surface area (Å²) >= 11 is 0. The minimum atomic E-state index is -1.01. The van der Waals surface area contributed by atoms with E-state index in [1.54, 1.807) is 12.3 Å². The summed E-state index contributed by atoms with van der Waals surface area (Å²) < 4.78 is 0. The second-order valence-corrected chi connectivity index (χ2v) is 5.45. The van der Waals surface area contributed by atoms with Crippen molar-refractivity contribution in [3.05, 3.63) is 23.9 Å². The lowest BCUT2D eigenvalue weighted by atomic mass is 9.77. The fourth-order valence-electron chi connectivity index (χ4n) is 2.57. The van der Waals surface area contributed by atoms with Crippen LogP contribution in [0, 0.1) is 5.92 Å². The largest absolute Gasteiger partial charge is 0.478 e. The minimum absolute atomic E-state index is 0.00461. The molecule has 104 valence electrons. The fourth-order valence-corrected chi connectivity index (χ4v) is 2.57. The summed E-state index contributed by atoms with van der Waals surface area (Å²) in [5, 5.41) is 22.0. The van der Waals surface area contributed by atoms with Crippen LogP contribution in [-0.2, 0) is 0 Å². The molecule has 1 aliphatic rings. The van der Waals surface area contributed by atoms with Gasteiger partial charge in [0.15, 0.2) is 0 Å². The first kappa shape index (κ1) is 13.8. The summed E-state index contributed by atoms with van der Waals surface area (Å²) in [6.07, 6.45) is 5.29. The molecule has 3 N–H and O–H groups in total. The zero-order valence-corrected chi connectivity index (χ0v) is 11.1. The van der Waals surface area contributed by atoms with E-state index >= 15 is 0 Å². The van der Waals surface area contributed by atoms with Crippen LogP contribution in [0.25, 0.3) is 0 Å². The quantitative estimate of drug-likeness (QED) is 0.776. The highest BCUT2D eigenvalue weighted by Crippen LogP contribution is 2.34. The van der Waals surface area contributed by atoms with Crippen molar-refractivity contribution in [1.82, 2.24) is 4.98 Å². The molecular weight excluding hydrogens is 244 g/mol. The van der Waals surface area contributed by atoms with Crippen molar-refractivity contribution in [2.75, 3.05) is 11.9 Å². The van der Waals surface area contributed by atoms with Gasteiger partial charge in [-0.2, -0.15) is 0 Å². The topological polar surface area (TPSA) is 82.5 Å². The zero-order chi connectivity index (χ0) is 13.9. The first-order valence-electron chi connectivity index (χ1n) is 6.64. The van der Waals surface area contributed by atoms with Crippen LogP contribution >= 0.6 is 0 Å². The van der Waals surface area contributed by atoms with E-state index in [-0.39, 0.29) is 12.2 Å². The molecule has 2 rings (SSSR count). The molecule has 1 aromatic heterocycles. The Hall–Kier alpha value is -1.62. The summed E-state index contributed by atoms with van der Waals surface area (Å²) in [6.45, 7) is 2.19. The van der Waals surface area contributed by atoms with Crippen LogP contribution < -0.4 is 5.32 Å². The second-order valence-electron chi connectivity index (χ2n) is 5.45. The number of pyridine rings is 1. The highest BCUT2D eigenvalue weighted by molar-refractivity contribution is 5.93. The number of rotatable bonds is 4. The Kier molecular flexibility index (Phi) is 4.04. The van der Waals surface area contributed by atoms with E-state index in [2.05, 4.69) is 17.2 Å². The number of carboxylic acid groups (broad SMARTS) is 1. The molecule has 0 radical (unpaired) electrons. The Morgan fingerprint density at radius 1 is 1.53 bits per heavy atom. The molecule has 1 aromatic rings. The van der Waals surface area contributed by atoms with Gasteiger partial charge in [-0.3, -0.25) is 0 Å². The van der Waals surface area contributed by atoms with Crippen molar-refractivity contribution in [3.63, 3.8) is 0 Å². The first-order valence-corrected chi connectivity index (χ1v) is 6.64. The zero-order valence-electron chi connectivity index (χ0n) is 11.1. The molecule has 5 heteroatoms. The van der Waals surface area contributed by atoms with Gasteiger partial charge in [-0.05, 0) is 43.7 Å². The molecule has 1 aliphatic carbocycles. The average molecular weight is 264 g/mol. The number of carbonyl (C=O) groups is 1. The number of hydrogen-bond acceptors (Lipinski definition) is 4. The van der Waals surface area contributed by atoms with E-state index in [0.29, 0.717) is 11.7 Å². The van der Waals surface area contributed by atoms with Crippen LogP contribution in [0.3, 0.4) is 0 Å². The Morgan fingerprint density at radius 2 is 2.21 bits per heavy atom. The Bertz CT molecular complexity index is 454. The molecule has 0 atom stereocenters. The normalized spacial score (nSPS) is 26.9. The third-order valence-electron chi connectivity index (χ3n) is 3.96. The summed E-state index contributed by atoms with van der Waals surface area (Å²) in [7, 11) is 0. The number of aromatic carboxylic acids is 1. The third-order valence-corrected chi connectivity index (χ3v) is 3.96. The molecule has 0 amide bonds. The Morgan fingerprint density at radius 3 is 2.79 bits per heavy atom. The summed E-state index contributed by atoms with van der Waals surface area (Å²) in [5.74, 6) is -0.00405. The molecule has 0 bridgehead atoms. The van der Waals surface area contributed by atoms with E-state index in [1.807, 2.05) is 0 Å². The predicted molar refractivity (Wildman–Crippen MR) is 72.3 cm³/mol. The maximum Gasteiger partial charge on any atom is 0.339 e. The van der Waals surface area contributed by atoms with Crippen LogP contribution in [0.1, 0.15) is 43.0 Å². The molecule has 1 fully saturated rings. The lowest BCUT2D eigenvalue weighted by Gasteiger charge is -2.39. The summed E-state index contributed by atoms with van der Waals surface area (Å²) in [4.78, 5) is 15.3. The summed E-state index contributed by atoms with van der Waals surface area (Å²) in [6, 6.07) is 3.12. The number of carboxylic acids is 1. The number of nitrogens with zero attached hydrogens (tertiary/aromatic N) is 1. The Labute approximate surface area is 112 Å². The average Bonchev–Trinajstić information content (AvgIpc) is 2.42. The van der Waals surface area contributed by atoms with Crippen molar-refractivity contribution in [2.24, 2.45) is 5.92 Å². The first-order chi connectivity index (χ1) is 9.06. The van der Waals surface area contributed by atoms with Gasteiger partial charge in [0.25, 0.3) is 0 Å². The smallest absolute Gasteiger partial charge is 0.339 e. The van der Waals surface area contributed by atoms with E-state index in [9.17, 15) is 9.90 Å². The minimum Gasteiger partial charge on any atom is -0.478 e. The van der Waals surface area contributed by atoms with Gasteiger partial charge in [-0.25, -0.2) is 9.78 Å². The van der Waals surface area contributed by atoms with Crippen molar-refractivity contribution >= 4 is 11.8 Å². The molecule has 0 aromatic carbocycles. The van der Waals surface area contributed by atoms with Gasteiger partial charge in [0.1, 0.15) is 11.4 Å². The van der Waals surface area contributed by atoms with E-state index in [4.69, 9.17) is 5.11 Å². The van der Waals surface area contributed by atoms with Crippen molar-refractivity contribution in [1.29, 1.82) is 0 Å². The molecule has 0 aliphatic heterocycles. The van der Waals surface area contributed by atoms with Crippen LogP contribution in [0.15, 0.2) is 18.3 Å². The van der Waals surface area contributed by atoms with Gasteiger partial charge < -0.3 is 15.5 Å². The number of aliphatic hydroxyl groups excluding tert-OH is 1. The maximum absolute atomic E-state index is 11.2. The van der Waals surface area contributed by atoms with Crippen molar-refractivity contribution in [3.8, 4) is 0 Å². The monoisotopic (exact) mass is 264 g/mol. The van der Waals surface area contributed by atoms with Crippen molar-refractivity contribution < 1.29 is 15.0 Å². The van der Waals surface area contributed by atoms with Crippen LogP contribution in [0.2, 0.25) is 0 Å². The van der Waals surface area contributed by atoms with Gasteiger partial charge in [0, 0.05) is 6.20 Å². The van der Waals surface area contributed by atoms with Crippen LogP contribution in [0.5, 0.6) is 0 Å². The molecule has 0 unspecified atom stereocenters. The summed E-state index contributed by atoms with van der Waals surface area (Å²) in [5.41, 5.74) is -0.292. The van der Waals surface area contributed by atoms with Gasteiger partial charge >= 0.3 is 5.97 Å². The third kappa shape index (κ3) is 3.04. The Balaban J connectivity index is 2.21. The lowest BCUT2D eigenvalue weighted by Crippen LogP contribution is -2.45. The SMILES string of the molecule is CC1CCC(CO)(Nc2ncccc2C(=O)O)CC1. The number of aromatic nitrogens is 1. The van der Waals surface area contributed by atoms with Crippen LogP contribution in [0.4, 0.5) is 5.82 Å². The molecular formula is C14H20N2O3. The lowest BCUT2D eigenvalue weighted by molar-refractivity contribution is 0.0697. The van der Waals surface area contributed by atoms with E-state index < -0.39 is 11.5 Å². The molecule has 1 heterocycles. The van der Waals surface area contributed by atoms with E-state index in [0.717, 1.165) is 25.7 Å². The molecule has 1 saturated carbocycles. The molecule has 0 saturated heterocycles. The van der Waals surface area contributed by atoms with Gasteiger partial charge in [0.05, 0.1) is 12.1 Å². The number of anilines is 1. The second kappa shape index (κ2) is 5.57.